The number of urea groups is 1. The van der Waals surface area contributed by atoms with Crippen molar-refractivity contribution in [2.75, 3.05) is 16.8 Å². The van der Waals surface area contributed by atoms with Crippen LogP contribution in [-0.2, 0) is 4.79 Å². The van der Waals surface area contributed by atoms with Crippen LogP contribution in [0.15, 0.2) is 60.9 Å². The number of nitrogens with one attached hydrogen (secondary N) is 2. The summed E-state index contributed by atoms with van der Waals surface area (Å²) in [7, 11) is 0. The number of hydrogen-bond donors (Lipinski definition) is 3. The molecule has 7 nitrogen and oxygen atoms in total. The molecule has 0 aliphatic carbocycles. The van der Waals surface area contributed by atoms with Gasteiger partial charge in [-0.15, -0.1) is 11.8 Å². The van der Waals surface area contributed by atoms with Gasteiger partial charge in [-0.2, -0.15) is 0 Å². The monoisotopic (exact) mass is 526 g/mol. The molecule has 1 fully saturated rings. The first kappa shape index (κ1) is 24.5. The number of alkyl halides is 1. The van der Waals surface area contributed by atoms with Crippen molar-refractivity contribution < 1.29 is 19.1 Å². The van der Waals surface area contributed by atoms with Gasteiger partial charge in [0.1, 0.15) is 11.4 Å². The van der Waals surface area contributed by atoms with Crippen molar-refractivity contribution in [1.82, 2.24) is 10.3 Å². The molecule has 10 heteroatoms. The molecule has 186 valence electrons. The number of aliphatic hydroxyl groups is 1. The fourth-order valence-corrected chi connectivity index (χ4v) is 5.79. The molecular formula is C26H24ClFN4O3S. The third-order valence-corrected chi connectivity index (χ3v) is 7.93. The summed E-state index contributed by atoms with van der Waals surface area (Å²) in [6, 6.07) is 11.6. The number of hydrogen-bond acceptors (Lipinski definition) is 6. The van der Waals surface area contributed by atoms with Gasteiger partial charge in [0.15, 0.2) is 0 Å². The van der Waals surface area contributed by atoms with Crippen molar-refractivity contribution in [1.29, 1.82) is 0 Å². The average Bonchev–Trinajstić information content (AvgIpc) is 3.26. The summed E-state index contributed by atoms with van der Waals surface area (Å²) in [6.07, 6.45) is 3.48. The highest BCUT2D eigenvalue weighted by Crippen LogP contribution is 2.44. The Morgan fingerprint density at radius 3 is 2.78 bits per heavy atom. The Morgan fingerprint density at radius 1 is 1.25 bits per heavy atom. The first-order chi connectivity index (χ1) is 17.1. The molecule has 2 aliphatic heterocycles. The van der Waals surface area contributed by atoms with Crippen molar-refractivity contribution >= 4 is 62.4 Å². The number of amides is 3. The van der Waals surface area contributed by atoms with Gasteiger partial charge in [-0.05, 0) is 38.1 Å². The number of fused-ring (bicyclic) bond motifs is 2. The number of aromatic nitrogens is 1. The molecule has 3 atom stereocenters. The van der Waals surface area contributed by atoms with E-state index in [1.54, 1.807) is 30.5 Å². The lowest BCUT2D eigenvalue weighted by Gasteiger charge is -2.33. The van der Waals surface area contributed by atoms with Crippen LogP contribution < -0.4 is 15.5 Å². The molecule has 3 heterocycles. The predicted molar refractivity (Wildman–Crippen MR) is 142 cm³/mol. The third-order valence-electron chi connectivity index (χ3n) is 6.24. The number of carbonyl (C=O) groups excluding carboxylic acids is 2. The molecule has 3 N–H and O–H groups in total. The van der Waals surface area contributed by atoms with Crippen LogP contribution in [-0.4, -0.2) is 51.6 Å². The van der Waals surface area contributed by atoms with E-state index in [4.69, 9.17) is 11.6 Å². The van der Waals surface area contributed by atoms with Crippen molar-refractivity contribution in [3.8, 4) is 0 Å². The zero-order chi connectivity index (χ0) is 25.6. The van der Waals surface area contributed by atoms with Crippen LogP contribution in [0.3, 0.4) is 0 Å². The second-order valence-corrected chi connectivity index (χ2v) is 10.9. The highest BCUT2D eigenvalue weighted by Gasteiger charge is 2.45. The Hall–Kier alpha value is -3.14. The maximum atomic E-state index is 14.2. The van der Waals surface area contributed by atoms with Gasteiger partial charge >= 0.3 is 6.03 Å². The van der Waals surface area contributed by atoms with Gasteiger partial charge in [-0.1, -0.05) is 35.9 Å². The summed E-state index contributed by atoms with van der Waals surface area (Å²) in [5.41, 5.74) is 0.251. The number of thioether (sulfide) groups is 1. The van der Waals surface area contributed by atoms with Crippen LogP contribution >= 0.6 is 23.4 Å². The number of carbonyl (C=O) groups is 2. The van der Waals surface area contributed by atoms with Crippen molar-refractivity contribution in [2.45, 2.75) is 36.9 Å². The Balaban J connectivity index is 1.43. The van der Waals surface area contributed by atoms with Gasteiger partial charge in [-0.25, -0.2) is 14.1 Å². The van der Waals surface area contributed by atoms with Crippen LogP contribution in [0.1, 0.15) is 19.4 Å². The Labute approximate surface area is 216 Å². The zero-order valence-corrected chi connectivity index (χ0v) is 21.1. The second-order valence-electron chi connectivity index (χ2n) is 9.29. The molecule has 2 aliphatic rings. The summed E-state index contributed by atoms with van der Waals surface area (Å²) in [5.74, 6) is -0.356. The van der Waals surface area contributed by atoms with E-state index in [1.807, 2.05) is 24.3 Å². The van der Waals surface area contributed by atoms with Crippen molar-refractivity contribution in [3.05, 3.63) is 71.5 Å². The molecule has 3 aromatic rings. The van der Waals surface area contributed by atoms with E-state index in [-0.39, 0.29) is 12.5 Å². The van der Waals surface area contributed by atoms with Crippen LogP contribution in [0.5, 0.6) is 0 Å². The van der Waals surface area contributed by atoms with E-state index in [9.17, 15) is 19.1 Å². The molecular weight excluding hydrogens is 503 g/mol. The summed E-state index contributed by atoms with van der Waals surface area (Å²) in [4.78, 5) is 32.9. The minimum Gasteiger partial charge on any atom is -0.387 e. The largest absolute Gasteiger partial charge is 0.387 e. The molecule has 5 rings (SSSR count). The lowest BCUT2D eigenvalue weighted by atomic mass is 10.0. The Kier molecular flexibility index (Phi) is 6.40. The molecule has 3 amide bonds. The molecule has 36 heavy (non-hydrogen) atoms. The van der Waals surface area contributed by atoms with E-state index in [1.165, 1.54) is 31.8 Å². The summed E-state index contributed by atoms with van der Waals surface area (Å²) in [6.45, 7) is 2.71. The van der Waals surface area contributed by atoms with E-state index in [0.29, 0.717) is 27.2 Å². The number of benzene rings is 2. The minimum absolute atomic E-state index is 0.102. The van der Waals surface area contributed by atoms with E-state index < -0.39 is 29.1 Å². The van der Waals surface area contributed by atoms with E-state index in [0.717, 1.165) is 15.4 Å². The number of rotatable bonds is 6. The number of pyridine rings is 1. The minimum atomic E-state index is -1.49. The molecule has 0 radical (unpaired) electrons. The summed E-state index contributed by atoms with van der Waals surface area (Å²) in [5, 5.41) is 17.1. The topological polar surface area (TPSA) is 94.6 Å². The Bertz CT molecular complexity index is 1390. The SMILES string of the molecule is CC(C)(O)[C@H](F)CNc1ccc2cncc(N3C(=O)NC4C=C(c5ccccc5Cl)SC4C3=O)c2c1. The van der Waals surface area contributed by atoms with Gasteiger partial charge < -0.3 is 15.7 Å². The average molecular weight is 527 g/mol. The molecule has 1 saturated heterocycles. The summed E-state index contributed by atoms with van der Waals surface area (Å²) >= 11 is 7.72. The molecule has 2 unspecified atom stereocenters. The lowest BCUT2D eigenvalue weighted by Crippen LogP contribution is -2.60. The van der Waals surface area contributed by atoms with Gasteiger partial charge in [0.2, 0.25) is 0 Å². The molecule has 0 bridgehead atoms. The smallest absolute Gasteiger partial charge is 0.329 e. The molecule has 2 aromatic carbocycles. The quantitative estimate of drug-likeness (QED) is 0.419. The highest BCUT2D eigenvalue weighted by atomic mass is 35.5. The summed E-state index contributed by atoms with van der Waals surface area (Å²) < 4.78 is 14.2. The van der Waals surface area contributed by atoms with Crippen molar-refractivity contribution in [3.63, 3.8) is 0 Å². The van der Waals surface area contributed by atoms with Gasteiger partial charge in [0.25, 0.3) is 5.91 Å². The second kappa shape index (κ2) is 9.38. The van der Waals surface area contributed by atoms with Crippen LogP contribution in [0.4, 0.5) is 20.6 Å². The normalized spacial score (nSPS) is 20.7. The molecule has 0 spiro atoms. The maximum absolute atomic E-state index is 14.2. The standard InChI is InChI=1S/C26H24ClFN4O3S/c1-26(2,35)22(28)13-30-15-8-7-14-11-29-12-20(17(14)9-15)32-24(33)23-19(31-25(32)34)10-21(36-23)16-5-3-4-6-18(16)27/h3-12,19,22-23,30,35H,13H2,1-2H3,(H,31,34)/t19?,22-,23?/m1/s1. The van der Waals surface area contributed by atoms with Crippen LogP contribution in [0.25, 0.3) is 15.7 Å². The fraction of sp³-hybridized carbons (Fsp3) is 0.269. The number of anilines is 2. The first-order valence-corrected chi connectivity index (χ1v) is 12.6. The first-order valence-electron chi connectivity index (χ1n) is 11.4. The maximum Gasteiger partial charge on any atom is 0.329 e. The number of imide groups is 1. The van der Waals surface area contributed by atoms with Crippen LogP contribution in [0, 0.1) is 0 Å². The fourth-order valence-electron chi connectivity index (χ4n) is 4.19. The third kappa shape index (κ3) is 4.54. The molecule has 1 aromatic heterocycles. The van der Waals surface area contributed by atoms with Crippen molar-refractivity contribution in [2.24, 2.45) is 0 Å². The number of nitrogens with zero attached hydrogens (tertiary/aromatic N) is 2. The highest BCUT2D eigenvalue weighted by molar-refractivity contribution is 8.09. The number of halogens is 2. The van der Waals surface area contributed by atoms with Crippen LogP contribution in [0.2, 0.25) is 5.02 Å². The van der Waals surface area contributed by atoms with Gasteiger partial charge in [-0.3, -0.25) is 9.78 Å². The van der Waals surface area contributed by atoms with E-state index >= 15 is 0 Å². The Morgan fingerprint density at radius 2 is 2.03 bits per heavy atom. The van der Waals surface area contributed by atoms with Gasteiger partial charge in [0.05, 0.1) is 23.5 Å². The lowest BCUT2D eigenvalue weighted by molar-refractivity contribution is -0.118. The van der Waals surface area contributed by atoms with E-state index in [2.05, 4.69) is 15.6 Å². The van der Waals surface area contributed by atoms with Gasteiger partial charge in [0, 0.05) is 44.7 Å². The molecule has 0 saturated carbocycles. The zero-order valence-electron chi connectivity index (χ0n) is 19.5. The predicted octanol–water partition coefficient (Wildman–Crippen LogP) is 4.99.